The molecule has 0 radical (unpaired) electrons. The lowest BCUT2D eigenvalue weighted by Crippen LogP contribution is -2.10. The van der Waals surface area contributed by atoms with Crippen LogP contribution < -0.4 is 4.74 Å². The molecular weight excluding hydrogens is 188 g/mol. The number of rotatable bonds is 1. The van der Waals surface area contributed by atoms with Crippen LogP contribution in [-0.2, 0) is 4.79 Å². The Morgan fingerprint density at radius 2 is 2.15 bits per heavy atom. The molecule has 0 N–H and O–H groups in total. The van der Waals surface area contributed by atoms with Crippen molar-refractivity contribution in [3.05, 3.63) is 35.4 Å². The van der Waals surface area contributed by atoms with Gasteiger partial charge in [0.05, 0.1) is 0 Å². The summed E-state index contributed by atoms with van der Waals surface area (Å²) >= 11 is 5.34. The summed E-state index contributed by atoms with van der Waals surface area (Å²) in [6.45, 7) is 0.263. The Hall–Kier alpha value is -1.28. The van der Waals surface area contributed by atoms with Gasteiger partial charge in [0.2, 0.25) is 0 Å². The van der Waals surface area contributed by atoms with E-state index in [2.05, 4.69) is 0 Å². The van der Waals surface area contributed by atoms with Crippen molar-refractivity contribution in [3.8, 4) is 5.75 Å². The summed E-state index contributed by atoms with van der Waals surface area (Å²) in [5, 5.41) is -0.450. The Bertz CT molecular complexity index is 382. The predicted octanol–water partition coefficient (Wildman–Crippen LogP) is 2.23. The normalized spacial score (nSPS) is 14.1. The summed E-state index contributed by atoms with van der Waals surface area (Å²) in [7, 11) is 0. The summed E-state index contributed by atoms with van der Waals surface area (Å²) in [6, 6.07) is 7.52. The van der Waals surface area contributed by atoms with Gasteiger partial charge < -0.3 is 4.74 Å². The second kappa shape index (κ2) is 3.23. The van der Waals surface area contributed by atoms with Gasteiger partial charge in [0, 0.05) is 11.1 Å². The number of benzene rings is 1. The molecule has 1 aromatic carbocycles. The number of hydrogen-bond acceptors (Lipinski definition) is 2. The van der Waals surface area contributed by atoms with E-state index >= 15 is 0 Å². The molecule has 0 aliphatic carbocycles. The lowest BCUT2D eigenvalue weighted by Gasteiger charge is -2.14. The first-order valence-corrected chi connectivity index (χ1v) is 4.27. The average Bonchev–Trinajstić information content (AvgIpc) is 2.17. The van der Waals surface area contributed by atoms with Crippen molar-refractivity contribution in [3.63, 3.8) is 0 Å². The van der Waals surface area contributed by atoms with Crippen molar-refractivity contribution in [2.24, 2.45) is 0 Å². The largest absolute Gasteiger partial charge is 0.488 e. The van der Waals surface area contributed by atoms with Gasteiger partial charge in [-0.3, -0.25) is 4.79 Å². The van der Waals surface area contributed by atoms with Crippen molar-refractivity contribution < 1.29 is 9.53 Å². The molecule has 0 aromatic heterocycles. The number of fused-ring (bicyclic) bond motifs is 1. The van der Waals surface area contributed by atoms with E-state index in [9.17, 15) is 4.79 Å². The van der Waals surface area contributed by atoms with Gasteiger partial charge in [-0.15, -0.1) is 0 Å². The molecule has 2 rings (SSSR count). The standard InChI is InChI=1S/C10H7ClO2/c11-10(12)8-5-7-3-1-2-4-9(7)13-6-8/h1-5H,6H2. The van der Waals surface area contributed by atoms with Gasteiger partial charge in [-0.2, -0.15) is 0 Å². The van der Waals surface area contributed by atoms with Crippen LogP contribution in [0.2, 0.25) is 0 Å². The van der Waals surface area contributed by atoms with E-state index in [-0.39, 0.29) is 6.61 Å². The van der Waals surface area contributed by atoms with Gasteiger partial charge >= 0.3 is 0 Å². The van der Waals surface area contributed by atoms with Crippen LogP contribution in [0, 0.1) is 0 Å². The highest BCUT2D eigenvalue weighted by Gasteiger charge is 2.14. The molecule has 66 valence electrons. The van der Waals surface area contributed by atoms with E-state index in [1.807, 2.05) is 24.3 Å². The van der Waals surface area contributed by atoms with E-state index in [0.29, 0.717) is 5.57 Å². The van der Waals surface area contributed by atoms with E-state index in [1.165, 1.54) is 0 Å². The zero-order chi connectivity index (χ0) is 9.26. The summed E-state index contributed by atoms with van der Waals surface area (Å²) < 4.78 is 5.32. The fraction of sp³-hybridized carbons (Fsp3) is 0.100. The highest BCUT2D eigenvalue weighted by Crippen LogP contribution is 2.26. The van der Waals surface area contributed by atoms with Crippen molar-refractivity contribution in [2.45, 2.75) is 0 Å². The maximum Gasteiger partial charge on any atom is 0.251 e. The van der Waals surface area contributed by atoms with Crippen molar-refractivity contribution >= 4 is 22.9 Å². The molecule has 0 unspecified atom stereocenters. The average molecular weight is 195 g/mol. The quantitative estimate of drug-likeness (QED) is 0.641. The molecule has 3 heteroatoms. The molecule has 0 fully saturated rings. The van der Waals surface area contributed by atoms with E-state index < -0.39 is 5.24 Å². The lowest BCUT2D eigenvalue weighted by atomic mass is 10.1. The molecule has 0 amide bonds. The van der Waals surface area contributed by atoms with Crippen LogP contribution in [0.15, 0.2) is 29.8 Å². The third kappa shape index (κ3) is 1.58. The van der Waals surface area contributed by atoms with Gasteiger partial charge in [-0.05, 0) is 23.7 Å². The van der Waals surface area contributed by atoms with Crippen LogP contribution in [0.5, 0.6) is 5.75 Å². The molecule has 13 heavy (non-hydrogen) atoms. The minimum atomic E-state index is -0.450. The number of hydrogen-bond donors (Lipinski definition) is 0. The molecule has 1 aromatic rings. The number of halogens is 1. The zero-order valence-electron chi connectivity index (χ0n) is 6.79. The molecule has 0 spiro atoms. The Labute approximate surface area is 80.8 Å². The third-order valence-corrected chi connectivity index (χ3v) is 2.13. The molecule has 0 atom stereocenters. The maximum atomic E-state index is 10.8. The predicted molar refractivity (Wildman–Crippen MR) is 50.8 cm³/mol. The van der Waals surface area contributed by atoms with Gasteiger partial charge in [-0.25, -0.2) is 0 Å². The molecule has 0 bridgehead atoms. The summed E-state index contributed by atoms with van der Waals surface area (Å²) in [4.78, 5) is 10.8. The number of carbonyl (C=O) groups excluding carboxylic acids is 1. The van der Waals surface area contributed by atoms with Crippen LogP contribution >= 0.6 is 11.6 Å². The molecule has 1 aliphatic heterocycles. The van der Waals surface area contributed by atoms with Crippen LogP contribution in [0.25, 0.3) is 6.08 Å². The van der Waals surface area contributed by atoms with Gasteiger partial charge in [0.25, 0.3) is 5.24 Å². The van der Waals surface area contributed by atoms with Gasteiger partial charge in [0.1, 0.15) is 12.4 Å². The van der Waals surface area contributed by atoms with Gasteiger partial charge in [-0.1, -0.05) is 18.2 Å². The first-order valence-electron chi connectivity index (χ1n) is 3.89. The van der Waals surface area contributed by atoms with E-state index in [1.54, 1.807) is 6.08 Å². The second-order valence-corrected chi connectivity index (χ2v) is 3.11. The summed E-state index contributed by atoms with van der Waals surface area (Å²) in [6.07, 6.45) is 1.76. The zero-order valence-corrected chi connectivity index (χ0v) is 7.54. The van der Waals surface area contributed by atoms with E-state index in [4.69, 9.17) is 16.3 Å². The van der Waals surface area contributed by atoms with E-state index in [0.717, 1.165) is 11.3 Å². The minimum absolute atomic E-state index is 0.263. The maximum absolute atomic E-state index is 10.8. The van der Waals surface area contributed by atoms with Crippen molar-refractivity contribution in [1.29, 1.82) is 0 Å². The van der Waals surface area contributed by atoms with Crippen LogP contribution in [0.4, 0.5) is 0 Å². The first-order chi connectivity index (χ1) is 6.27. The second-order valence-electron chi connectivity index (χ2n) is 2.77. The number of para-hydroxylation sites is 1. The molecule has 1 heterocycles. The molecule has 1 aliphatic rings. The summed E-state index contributed by atoms with van der Waals surface area (Å²) in [5.74, 6) is 0.796. The smallest absolute Gasteiger partial charge is 0.251 e. The highest BCUT2D eigenvalue weighted by atomic mass is 35.5. The van der Waals surface area contributed by atoms with Crippen LogP contribution in [-0.4, -0.2) is 11.8 Å². The topological polar surface area (TPSA) is 26.3 Å². The van der Waals surface area contributed by atoms with Crippen molar-refractivity contribution in [2.75, 3.05) is 6.61 Å². The van der Waals surface area contributed by atoms with Crippen LogP contribution in [0.1, 0.15) is 5.56 Å². The highest BCUT2D eigenvalue weighted by molar-refractivity contribution is 6.68. The molecule has 2 nitrogen and oxygen atoms in total. The summed E-state index contributed by atoms with van der Waals surface area (Å²) in [5.41, 5.74) is 1.40. The SMILES string of the molecule is O=C(Cl)C1=Cc2ccccc2OC1. The number of carbonyl (C=O) groups is 1. The minimum Gasteiger partial charge on any atom is -0.488 e. The molecule has 0 saturated carbocycles. The fourth-order valence-corrected chi connectivity index (χ4v) is 1.34. The van der Waals surface area contributed by atoms with Crippen LogP contribution in [0.3, 0.4) is 0 Å². The Kier molecular flexibility index (Phi) is 2.07. The number of ether oxygens (including phenoxy) is 1. The molecular formula is C10H7ClO2. The molecule has 0 saturated heterocycles. The Morgan fingerprint density at radius 1 is 1.38 bits per heavy atom. The Balaban J connectivity index is 2.44. The monoisotopic (exact) mass is 194 g/mol. The van der Waals surface area contributed by atoms with Crippen molar-refractivity contribution in [1.82, 2.24) is 0 Å². The lowest BCUT2D eigenvalue weighted by molar-refractivity contribution is -0.108. The third-order valence-electron chi connectivity index (χ3n) is 1.88. The Morgan fingerprint density at radius 3 is 2.92 bits per heavy atom. The fourth-order valence-electron chi connectivity index (χ4n) is 1.23. The van der Waals surface area contributed by atoms with Gasteiger partial charge in [0.15, 0.2) is 0 Å². The first kappa shape index (κ1) is 8.32.